The summed E-state index contributed by atoms with van der Waals surface area (Å²) >= 11 is 0. The van der Waals surface area contributed by atoms with Crippen LogP contribution in [0.3, 0.4) is 0 Å². The van der Waals surface area contributed by atoms with E-state index in [1.54, 1.807) is 97.9 Å². The van der Waals surface area contributed by atoms with Gasteiger partial charge >= 0.3 is 23.9 Å². The second-order valence-electron chi connectivity index (χ2n) is 18.1. The molecular weight excluding hydrogens is 751 g/mol. The van der Waals surface area contributed by atoms with Gasteiger partial charge in [-0.25, -0.2) is 14.4 Å². The first kappa shape index (κ1) is 41.2. The third-order valence-electron chi connectivity index (χ3n) is 15.3. The summed E-state index contributed by atoms with van der Waals surface area (Å²) in [4.78, 5) is 54.1. The summed E-state index contributed by atoms with van der Waals surface area (Å²) in [5, 5.41) is 0. The van der Waals surface area contributed by atoms with Crippen molar-refractivity contribution in [1.29, 1.82) is 0 Å². The van der Waals surface area contributed by atoms with E-state index in [2.05, 4.69) is 13.8 Å². The Morgan fingerprint density at radius 3 is 1.75 bits per heavy atom. The first-order valence-electron chi connectivity index (χ1n) is 21.3. The van der Waals surface area contributed by atoms with E-state index < -0.39 is 54.2 Å². The van der Waals surface area contributed by atoms with Crippen LogP contribution < -0.4 is 5.73 Å². The summed E-state index contributed by atoms with van der Waals surface area (Å²) in [6.07, 6.45) is 1.99. The molecule has 0 bridgehead atoms. The van der Waals surface area contributed by atoms with Crippen molar-refractivity contribution >= 4 is 23.9 Å². The molecule has 5 aliphatic rings. The molecule has 1 saturated heterocycles. The van der Waals surface area contributed by atoms with Crippen molar-refractivity contribution in [2.45, 2.75) is 121 Å². The molecule has 314 valence electrons. The van der Waals surface area contributed by atoms with Crippen molar-refractivity contribution in [1.82, 2.24) is 0 Å². The molecule has 0 spiro atoms. The van der Waals surface area contributed by atoms with Crippen LogP contribution in [-0.4, -0.2) is 73.3 Å². The largest absolute Gasteiger partial charge is 0.469 e. The Kier molecular flexibility index (Phi) is 11.5. The van der Waals surface area contributed by atoms with Gasteiger partial charge < -0.3 is 34.2 Å². The second kappa shape index (κ2) is 16.5. The summed E-state index contributed by atoms with van der Waals surface area (Å²) in [6, 6.07) is 25.6. The van der Waals surface area contributed by atoms with Crippen LogP contribution in [0, 0.1) is 34.5 Å². The normalized spacial score (nSPS) is 37.4. The maximum atomic E-state index is 13.8. The minimum absolute atomic E-state index is 0.0319. The van der Waals surface area contributed by atoms with Gasteiger partial charge in [0, 0.05) is 5.54 Å². The third-order valence-corrected chi connectivity index (χ3v) is 15.3. The minimum atomic E-state index is -1.29. The third kappa shape index (κ3) is 7.48. The molecule has 1 heterocycles. The summed E-state index contributed by atoms with van der Waals surface area (Å²) in [5.41, 5.74) is 7.68. The van der Waals surface area contributed by atoms with Crippen LogP contribution in [0.15, 0.2) is 91.0 Å². The Morgan fingerprint density at radius 2 is 1.19 bits per heavy atom. The van der Waals surface area contributed by atoms with E-state index in [1.807, 2.05) is 0 Å². The monoisotopic (exact) mass is 807 g/mol. The molecular formula is C48H57NO10. The number of carbonyl (C=O) groups excluding carboxylic acids is 4. The zero-order valence-corrected chi connectivity index (χ0v) is 34.5. The molecule has 5 fully saturated rings. The molecule has 11 nitrogen and oxygen atoms in total. The van der Waals surface area contributed by atoms with Crippen LogP contribution in [-0.2, 0) is 33.2 Å². The van der Waals surface area contributed by atoms with Crippen LogP contribution in [0.1, 0.15) is 110 Å². The number of benzene rings is 3. The van der Waals surface area contributed by atoms with Gasteiger partial charge in [0.2, 0.25) is 0 Å². The van der Waals surface area contributed by atoms with Crippen molar-refractivity contribution in [3.05, 3.63) is 108 Å². The van der Waals surface area contributed by atoms with Gasteiger partial charge in [-0.3, -0.25) is 4.79 Å². The van der Waals surface area contributed by atoms with E-state index >= 15 is 0 Å². The average Bonchev–Trinajstić information content (AvgIpc) is 3.54. The predicted octanol–water partition coefficient (Wildman–Crippen LogP) is 7.71. The highest BCUT2D eigenvalue weighted by Gasteiger charge is 2.67. The van der Waals surface area contributed by atoms with Gasteiger partial charge in [-0.05, 0) is 130 Å². The standard InChI is InChI=1S/C48H57NO10/c1-29-38(57-41(50)30-14-8-5-9-15-30)39(58-42(51)31-16-10-6-11-17-31)40(59-43(52)32-18-12-7-13-19-32)45(55-29)56-34-22-25-46(2)33(28-34)20-21-36-35(46)23-26-47(3)37(44(53)54-4)24-27-48(36,47)49/h5-19,29,33-40,45H,20-28,49H2,1-4H3/t29?,33?,34-,35?,36?,37+,38-,39?,40?,45?,46?,47?,48-/m0/s1. The molecule has 0 radical (unpaired) electrons. The fourth-order valence-corrected chi connectivity index (χ4v) is 11.9. The van der Waals surface area contributed by atoms with Gasteiger partial charge in [-0.15, -0.1) is 0 Å². The Hall–Kier alpha value is -4.58. The van der Waals surface area contributed by atoms with E-state index in [0.717, 1.165) is 57.8 Å². The number of carbonyl (C=O) groups is 4. The molecule has 2 N–H and O–H groups in total. The highest BCUT2D eigenvalue weighted by Crippen LogP contribution is 2.68. The van der Waals surface area contributed by atoms with E-state index in [9.17, 15) is 19.2 Å². The van der Waals surface area contributed by atoms with Gasteiger partial charge in [0.15, 0.2) is 24.6 Å². The van der Waals surface area contributed by atoms with Gasteiger partial charge in [0.05, 0.1) is 41.9 Å². The number of hydrogen-bond donors (Lipinski definition) is 1. The van der Waals surface area contributed by atoms with Crippen molar-refractivity contribution in [2.75, 3.05) is 7.11 Å². The van der Waals surface area contributed by atoms with Crippen molar-refractivity contribution in [3.63, 3.8) is 0 Å². The topological polar surface area (TPSA) is 150 Å². The van der Waals surface area contributed by atoms with Gasteiger partial charge in [-0.1, -0.05) is 68.4 Å². The molecule has 13 atom stereocenters. The van der Waals surface area contributed by atoms with Crippen molar-refractivity contribution in [3.8, 4) is 0 Å². The first-order chi connectivity index (χ1) is 28.4. The second-order valence-corrected chi connectivity index (χ2v) is 18.1. The Balaban J connectivity index is 1.05. The molecule has 3 aromatic rings. The van der Waals surface area contributed by atoms with Crippen LogP contribution in [0.4, 0.5) is 0 Å². The summed E-state index contributed by atoms with van der Waals surface area (Å²) < 4.78 is 37.2. The highest BCUT2D eigenvalue weighted by atomic mass is 16.7. The smallest absolute Gasteiger partial charge is 0.338 e. The van der Waals surface area contributed by atoms with Crippen LogP contribution in [0.5, 0.6) is 0 Å². The average molecular weight is 808 g/mol. The summed E-state index contributed by atoms with van der Waals surface area (Å²) in [6.45, 7) is 6.39. The van der Waals surface area contributed by atoms with Crippen LogP contribution in [0.25, 0.3) is 0 Å². The molecule has 4 saturated carbocycles. The maximum absolute atomic E-state index is 13.8. The van der Waals surface area contributed by atoms with Gasteiger partial charge in [0.1, 0.15) is 0 Å². The highest BCUT2D eigenvalue weighted by molar-refractivity contribution is 5.91. The molecule has 0 amide bonds. The summed E-state index contributed by atoms with van der Waals surface area (Å²) in [5.74, 6) is -1.19. The van der Waals surface area contributed by atoms with Crippen molar-refractivity contribution in [2.24, 2.45) is 40.2 Å². The van der Waals surface area contributed by atoms with E-state index in [-0.39, 0.29) is 34.4 Å². The molecule has 3 aromatic carbocycles. The fraction of sp³-hybridized carbons (Fsp3) is 0.542. The number of fused-ring (bicyclic) bond motifs is 5. The number of esters is 4. The fourth-order valence-electron chi connectivity index (χ4n) is 11.9. The molecule has 9 unspecified atom stereocenters. The summed E-state index contributed by atoms with van der Waals surface area (Å²) in [7, 11) is 1.48. The molecule has 11 heteroatoms. The lowest BCUT2D eigenvalue weighted by molar-refractivity contribution is -0.307. The van der Waals surface area contributed by atoms with Gasteiger partial charge in [0.25, 0.3) is 0 Å². The number of ether oxygens (including phenoxy) is 6. The minimum Gasteiger partial charge on any atom is -0.469 e. The van der Waals surface area contributed by atoms with Crippen LogP contribution in [0.2, 0.25) is 0 Å². The lowest BCUT2D eigenvalue weighted by Crippen LogP contribution is -2.67. The van der Waals surface area contributed by atoms with E-state index in [4.69, 9.17) is 34.2 Å². The van der Waals surface area contributed by atoms with Crippen LogP contribution >= 0.6 is 0 Å². The number of hydrogen-bond acceptors (Lipinski definition) is 11. The lowest BCUT2D eigenvalue weighted by atomic mass is 9.42. The quantitative estimate of drug-likeness (QED) is 0.129. The van der Waals surface area contributed by atoms with Gasteiger partial charge in [-0.2, -0.15) is 0 Å². The van der Waals surface area contributed by atoms with E-state index in [1.165, 1.54) is 7.11 Å². The number of nitrogens with two attached hydrogens (primary N) is 1. The number of rotatable bonds is 9. The zero-order chi connectivity index (χ0) is 41.5. The molecule has 59 heavy (non-hydrogen) atoms. The molecule has 8 rings (SSSR count). The van der Waals surface area contributed by atoms with E-state index in [0.29, 0.717) is 28.9 Å². The lowest BCUT2D eigenvalue weighted by Gasteiger charge is -2.64. The van der Waals surface area contributed by atoms with Crippen molar-refractivity contribution < 1.29 is 47.6 Å². The zero-order valence-electron chi connectivity index (χ0n) is 34.5. The maximum Gasteiger partial charge on any atom is 0.338 e. The molecule has 4 aliphatic carbocycles. The Bertz CT molecular complexity index is 2000. The first-order valence-corrected chi connectivity index (χ1v) is 21.3. The Labute approximate surface area is 346 Å². The number of methoxy groups -OCH3 is 1. The molecule has 0 aromatic heterocycles. The Morgan fingerprint density at radius 1 is 0.644 bits per heavy atom. The molecule has 1 aliphatic heterocycles. The SMILES string of the molecule is COC(=O)[C@H]1CC[C@]2(N)C3CCC4C[C@@H](OC5OC(C)[C@H](OC(=O)c6ccccc6)C(OC(=O)c6ccccc6)C5OC(=O)c5ccccc5)CCC4(C)C3CCC12C. The predicted molar refractivity (Wildman–Crippen MR) is 217 cm³/mol.